The van der Waals surface area contributed by atoms with E-state index >= 15 is 0 Å². The van der Waals surface area contributed by atoms with Gasteiger partial charge >= 0.3 is 17.1 Å². The molecule has 0 aliphatic rings. The molecule has 0 fully saturated rings. The average Bonchev–Trinajstić information content (AvgIpc) is 2.41. The third-order valence-electron chi connectivity index (χ3n) is 1.54. The summed E-state index contributed by atoms with van der Waals surface area (Å²) in [6.07, 6.45) is 7.65. The van der Waals surface area contributed by atoms with E-state index in [0.29, 0.717) is 0 Å². The van der Waals surface area contributed by atoms with E-state index in [1.54, 1.807) is 0 Å². The van der Waals surface area contributed by atoms with Crippen LogP contribution in [-0.2, 0) is 17.1 Å². The third-order valence-corrected chi connectivity index (χ3v) is 1.54. The van der Waals surface area contributed by atoms with Gasteiger partial charge in [-0.2, -0.15) is 0 Å². The molecule has 117 valence electrons. The molecule has 0 saturated heterocycles. The van der Waals surface area contributed by atoms with E-state index in [1.807, 2.05) is 0 Å². The zero-order valence-corrected chi connectivity index (χ0v) is 11.1. The Morgan fingerprint density at radius 3 is 1.24 bits per heavy atom. The van der Waals surface area contributed by atoms with E-state index in [9.17, 15) is 19.8 Å². The first-order chi connectivity index (χ1) is 8.61. The number of aromatic nitrogens is 4. The molecule has 0 aromatic carbocycles. The second kappa shape index (κ2) is 12.6. The van der Waals surface area contributed by atoms with Gasteiger partial charge in [0.25, 0.3) is 0 Å². The largest absolute Gasteiger partial charge is 2.00 e. The van der Waals surface area contributed by atoms with Crippen molar-refractivity contribution in [1.82, 2.24) is 19.9 Å². The van der Waals surface area contributed by atoms with Crippen LogP contribution in [0.1, 0.15) is 21.0 Å². The fourth-order valence-corrected chi connectivity index (χ4v) is 0.809. The van der Waals surface area contributed by atoms with Crippen molar-refractivity contribution in [1.29, 1.82) is 0 Å². The second-order valence-corrected chi connectivity index (χ2v) is 2.76. The predicted octanol–water partition coefficient (Wildman–Crippen LogP) is -3.97. The van der Waals surface area contributed by atoms with Crippen molar-refractivity contribution in [2.45, 2.75) is 0 Å². The molecule has 0 unspecified atom stereocenters. The second-order valence-electron chi connectivity index (χ2n) is 2.76. The summed E-state index contributed by atoms with van der Waals surface area (Å²) in [6, 6.07) is 0. The summed E-state index contributed by atoms with van der Waals surface area (Å²) >= 11 is 0. The summed E-state index contributed by atoms with van der Waals surface area (Å²) in [5.74, 6) is -2.61. The number of nitrogens with zero attached hydrogens (tertiary/aromatic N) is 4. The minimum atomic E-state index is -1.30. The molecule has 0 amide bonds. The average molecular weight is 346 g/mol. The summed E-state index contributed by atoms with van der Waals surface area (Å²) in [5, 5.41) is 20.0. The fraction of sp³-hybridized carbons (Fsp3) is 0. The molecule has 0 aliphatic heterocycles. The number of rotatable bonds is 2. The SMILES string of the molecule is O.O.O=C([O-])c1cnccn1.O=C([O-])c1cnccn1.[Cu+2]. The summed E-state index contributed by atoms with van der Waals surface area (Å²) in [7, 11) is 0. The molecule has 1 radical (unpaired) electrons. The normalized spacial score (nSPS) is 7.62. The summed E-state index contributed by atoms with van der Waals surface area (Å²) < 4.78 is 0. The minimum absolute atomic E-state index is 0. The molecule has 4 N–H and O–H groups in total. The third kappa shape index (κ3) is 9.13. The molecule has 0 saturated carbocycles. The van der Waals surface area contributed by atoms with Crippen LogP contribution >= 0.6 is 0 Å². The number of carbonyl (C=O) groups excluding carboxylic acids is 2. The molecule has 0 bridgehead atoms. The molecule has 2 aromatic heterocycles. The van der Waals surface area contributed by atoms with Crippen molar-refractivity contribution >= 4 is 11.9 Å². The van der Waals surface area contributed by atoms with Gasteiger partial charge in [-0.1, -0.05) is 0 Å². The topological polar surface area (TPSA) is 195 Å². The Bertz CT molecular complexity index is 478. The van der Waals surface area contributed by atoms with Gasteiger partial charge in [0.1, 0.15) is 11.4 Å². The molecule has 2 aromatic rings. The first-order valence-corrected chi connectivity index (χ1v) is 4.56. The van der Waals surface area contributed by atoms with Crippen LogP contribution in [0.4, 0.5) is 0 Å². The van der Waals surface area contributed by atoms with Crippen molar-refractivity contribution in [3.05, 3.63) is 48.6 Å². The number of carboxylic acid groups (broad SMARTS) is 2. The maximum atomic E-state index is 9.99. The Kier molecular flexibility index (Phi) is 14.1. The Morgan fingerprint density at radius 1 is 0.762 bits per heavy atom. The maximum Gasteiger partial charge on any atom is 2.00 e. The first kappa shape index (κ1) is 23.6. The Morgan fingerprint density at radius 2 is 1.10 bits per heavy atom. The van der Waals surface area contributed by atoms with Gasteiger partial charge in [-0.3, -0.25) is 19.9 Å². The van der Waals surface area contributed by atoms with Crippen molar-refractivity contribution in [3.63, 3.8) is 0 Å². The maximum absolute atomic E-state index is 9.99. The quantitative estimate of drug-likeness (QED) is 0.491. The van der Waals surface area contributed by atoms with E-state index < -0.39 is 11.9 Å². The van der Waals surface area contributed by atoms with E-state index in [1.165, 1.54) is 24.8 Å². The standard InChI is InChI=1S/2C5H4N2O2.Cu.2H2O/c2*8-5(9)4-3-6-1-2-7-4;;;/h2*1-3H,(H,8,9);;2*1H2/q;;+2;;/p-2. The van der Waals surface area contributed by atoms with E-state index in [2.05, 4.69) is 19.9 Å². The Balaban J connectivity index is -0.000000270. The van der Waals surface area contributed by atoms with Gasteiger partial charge in [-0.15, -0.1) is 0 Å². The molecule has 2 rings (SSSR count). The fourth-order valence-electron chi connectivity index (χ4n) is 0.809. The van der Waals surface area contributed by atoms with Crippen LogP contribution in [0, 0.1) is 0 Å². The van der Waals surface area contributed by atoms with Crippen molar-refractivity contribution < 1.29 is 47.8 Å². The molecule has 11 heteroatoms. The van der Waals surface area contributed by atoms with Crippen molar-refractivity contribution in [2.24, 2.45) is 0 Å². The summed E-state index contributed by atoms with van der Waals surface area (Å²) in [6.45, 7) is 0. The van der Waals surface area contributed by atoms with Crippen LogP contribution in [0.15, 0.2) is 37.2 Å². The van der Waals surface area contributed by atoms with E-state index in [-0.39, 0.29) is 39.4 Å². The van der Waals surface area contributed by atoms with Gasteiger partial charge in [-0.25, -0.2) is 0 Å². The van der Waals surface area contributed by atoms with Crippen molar-refractivity contribution in [3.8, 4) is 0 Å². The zero-order chi connectivity index (χ0) is 13.4. The molecule has 21 heavy (non-hydrogen) atoms. The van der Waals surface area contributed by atoms with Gasteiger partial charge in [0.15, 0.2) is 0 Å². The molecule has 2 heterocycles. The number of carbonyl (C=O) groups is 2. The molecular weight excluding hydrogens is 336 g/mol. The van der Waals surface area contributed by atoms with Crippen LogP contribution < -0.4 is 10.2 Å². The first-order valence-electron chi connectivity index (χ1n) is 4.56. The zero-order valence-electron chi connectivity index (χ0n) is 10.2. The smallest absolute Gasteiger partial charge is 0.543 e. The number of carboxylic acids is 2. The minimum Gasteiger partial charge on any atom is -0.543 e. The Hall–Kier alpha value is -2.46. The van der Waals surface area contributed by atoms with E-state index in [4.69, 9.17) is 0 Å². The van der Waals surface area contributed by atoms with Crippen LogP contribution in [0.5, 0.6) is 0 Å². The predicted molar refractivity (Wildman–Crippen MR) is 60.0 cm³/mol. The summed E-state index contributed by atoms with van der Waals surface area (Å²) in [5.41, 5.74) is -0.282. The van der Waals surface area contributed by atoms with Crippen LogP contribution in [0.3, 0.4) is 0 Å². The van der Waals surface area contributed by atoms with Crippen LogP contribution in [0.2, 0.25) is 0 Å². The Labute approximate surface area is 129 Å². The van der Waals surface area contributed by atoms with Crippen molar-refractivity contribution in [2.75, 3.05) is 0 Å². The molecule has 10 nitrogen and oxygen atoms in total. The molecule has 0 aliphatic carbocycles. The number of hydrogen-bond donors (Lipinski definition) is 0. The van der Waals surface area contributed by atoms with Gasteiger partial charge in [0.05, 0.1) is 24.3 Å². The molecule has 0 spiro atoms. The van der Waals surface area contributed by atoms with Gasteiger partial charge in [-0.05, 0) is 0 Å². The molecule has 0 atom stereocenters. The van der Waals surface area contributed by atoms with Crippen LogP contribution in [-0.4, -0.2) is 42.8 Å². The monoisotopic (exact) mass is 345 g/mol. The number of hydrogen-bond acceptors (Lipinski definition) is 8. The van der Waals surface area contributed by atoms with Gasteiger partial charge < -0.3 is 30.8 Å². The van der Waals surface area contributed by atoms with Crippen LogP contribution in [0.25, 0.3) is 0 Å². The number of aromatic carboxylic acids is 2. The summed E-state index contributed by atoms with van der Waals surface area (Å²) in [4.78, 5) is 33.9. The van der Waals surface area contributed by atoms with E-state index in [0.717, 1.165) is 12.4 Å². The van der Waals surface area contributed by atoms with Gasteiger partial charge in [0, 0.05) is 24.8 Å². The van der Waals surface area contributed by atoms with Gasteiger partial charge in [0.2, 0.25) is 0 Å². The molecular formula is C10H10CuN4O6.